The Kier molecular flexibility index (Phi) is 5.47. The number of Topliss-reactive ketones (excluding diaryl/α,β-unsaturated/α-hetero) is 1. The van der Waals surface area contributed by atoms with Crippen molar-refractivity contribution >= 4 is 5.78 Å². The third-order valence-corrected chi connectivity index (χ3v) is 3.97. The molecule has 0 bridgehead atoms. The summed E-state index contributed by atoms with van der Waals surface area (Å²) in [5.74, 6) is -0.447. The van der Waals surface area contributed by atoms with Crippen LogP contribution in [0.5, 0.6) is 5.75 Å². The summed E-state index contributed by atoms with van der Waals surface area (Å²) in [5, 5.41) is 22.9. The van der Waals surface area contributed by atoms with Crippen LogP contribution in [0.3, 0.4) is 0 Å². The minimum Gasteiger partial charge on any atom is -0.618 e. The molecule has 7 nitrogen and oxygen atoms in total. The van der Waals surface area contributed by atoms with E-state index in [0.29, 0.717) is 16.0 Å². The van der Waals surface area contributed by atoms with Gasteiger partial charge in [-0.25, -0.2) is 0 Å². The van der Waals surface area contributed by atoms with Gasteiger partial charge in [-0.3, -0.25) is 14.9 Å². The van der Waals surface area contributed by atoms with Gasteiger partial charge < -0.3 is 9.94 Å². The molecule has 1 aromatic carbocycles. The summed E-state index contributed by atoms with van der Waals surface area (Å²) in [6.07, 6.45) is 1.10. The van der Waals surface area contributed by atoms with E-state index in [1.807, 2.05) is 0 Å². The van der Waals surface area contributed by atoms with Crippen LogP contribution in [0.2, 0.25) is 0 Å². The molecule has 1 aromatic heterocycles. The predicted octanol–water partition coefficient (Wildman–Crippen LogP) is 2.35. The summed E-state index contributed by atoms with van der Waals surface area (Å²) in [7, 11) is 1.53. The monoisotopic (exact) mass is 330 g/mol. The molecule has 7 heteroatoms. The summed E-state index contributed by atoms with van der Waals surface area (Å²) in [6.45, 7) is 1.46. The van der Waals surface area contributed by atoms with Crippen LogP contribution >= 0.6 is 0 Å². The molecule has 2 rings (SSSR count). The highest BCUT2D eigenvalue weighted by atomic mass is 16.6. The Morgan fingerprint density at radius 3 is 2.46 bits per heavy atom. The highest BCUT2D eigenvalue weighted by Crippen LogP contribution is 2.28. The fraction of sp³-hybridized carbons (Fsp3) is 0.294. The molecule has 0 radical (unpaired) electrons. The first-order valence-corrected chi connectivity index (χ1v) is 7.43. The number of carbonyl (C=O) groups is 1. The van der Waals surface area contributed by atoms with Crippen LogP contribution in [-0.2, 0) is 0 Å². The Balaban J connectivity index is 2.31. The van der Waals surface area contributed by atoms with Gasteiger partial charge in [-0.1, -0.05) is 12.1 Å². The van der Waals surface area contributed by atoms with Crippen molar-refractivity contribution in [2.75, 3.05) is 7.11 Å². The Hall–Kier alpha value is -2.96. The molecule has 2 aromatic rings. The second kappa shape index (κ2) is 7.54. The smallest absolute Gasteiger partial charge is 0.259 e. The lowest BCUT2D eigenvalue weighted by atomic mass is 9.87. The van der Waals surface area contributed by atoms with Crippen molar-refractivity contribution in [1.29, 1.82) is 0 Å². The lowest BCUT2D eigenvalue weighted by molar-refractivity contribution is -0.607. The van der Waals surface area contributed by atoms with Crippen LogP contribution in [0.15, 0.2) is 48.7 Å². The minimum absolute atomic E-state index is 0.0217. The zero-order chi connectivity index (χ0) is 17.7. The number of benzene rings is 1. The standard InChI is InChI=1S/C17H18N2O5/c1-12(19(22)23)15(13-6-8-14(24-2)9-7-13)11-17(20)16-5-3-4-10-18(16)21/h3-10,12,15H,11H2,1-2H3/t12-,15+/m0/s1. The Bertz CT molecular complexity index is 730. The molecule has 0 saturated heterocycles. The number of nitrogens with zero attached hydrogens (tertiary/aromatic N) is 2. The lowest BCUT2D eigenvalue weighted by Crippen LogP contribution is -2.35. The molecule has 1 heterocycles. The summed E-state index contributed by atoms with van der Waals surface area (Å²) >= 11 is 0. The van der Waals surface area contributed by atoms with Crippen LogP contribution in [0.1, 0.15) is 35.3 Å². The van der Waals surface area contributed by atoms with Crippen molar-refractivity contribution in [3.8, 4) is 5.75 Å². The normalized spacial score (nSPS) is 13.1. The van der Waals surface area contributed by atoms with Crippen molar-refractivity contribution in [3.05, 3.63) is 75.2 Å². The van der Waals surface area contributed by atoms with Gasteiger partial charge in [0.25, 0.3) is 5.69 Å². The van der Waals surface area contributed by atoms with E-state index in [9.17, 15) is 20.1 Å². The molecular weight excluding hydrogens is 312 g/mol. The molecule has 0 aliphatic heterocycles. The van der Waals surface area contributed by atoms with E-state index >= 15 is 0 Å². The fourth-order valence-corrected chi connectivity index (χ4v) is 2.51. The maximum Gasteiger partial charge on any atom is 0.259 e. The number of rotatable bonds is 7. The number of hydrogen-bond donors (Lipinski definition) is 0. The van der Waals surface area contributed by atoms with Gasteiger partial charge in [-0.05, 0) is 23.8 Å². The zero-order valence-corrected chi connectivity index (χ0v) is 13.4. The molecule has 0 unspecified atom stereocenters. The van der Waals surface area contributed by atoms with Gasteiger partial charge in [0.1, 0.15) is 5.75 Å². The van der Waals surface area contributed by atoms with E-state index in [1.165, 1.54) is 32.4 Å². The number of methoxy groups -OCH3 is 1. The number of nitro groups is 1. The third-order valence-electron chi connectivity index (χ3n) is 3.97. The van der Waals surface area contributed by atoms with E-state index < -0.39 is 22.7 Å². The van der Waals surface area contributed by atoms with Crippen LogP contribution in [0.4, 0.5) is 0 Å². The average molecular weight is 330 g/mol. The second-order valence-corrected chi connectivity index (χ2v) is 5.44. The van der Waals surface area contributed by atoms with Crippen molar-refractivity contribution in [2.24, 2.45) is 0 Å². The Labute approximate surface area is 139 Å². The summed E-state index contributed by atoms with van der Waals surface area (Å²) in [4.78, 5) is 23.2. The van der Waals surface area contributed by atoms with Gasteiger partial charge in [0.2, 0.25) is 11.8 Å². The molecule has 0 amide bonds. The average Bonchev–Trinajstić information content (AvgIpc) is 2.59. The molecule has 0 fully saturated rings. The molecule has 126 valence electrons. The maximum atomic E-state index is 12.4. The second-order valence-electron chi connectivity index (χ2n) is 5.44. The summed E-state index contributed by atoms with van der Waals surface area (Å²) < 4.78 is 5.55. The molecule has 0 aliphatic carbocycles. The molecule has 2 atom stereocenters. The van der Waals surface area contributed by atoms with Crippen LogP contribution in [0, 0.1) is 15.3 Å². The van der Waals surface area contributed by atoms with Gasteiger partial charge in [0.15, 0.2) is 6.20 Å². The minimum atomic E-state index is -0.967. The predicted molar refractivity (Wildman–Crippen MR) is 86.5 cm³/mol. The number of hydrogen-bond acceptors (Lipinski definition) is 5. The topological polar surface area (TPSA) is 96.4 Å². The number of aromatic nitrogens is 1. The van der Waals surface area contributed by atoms with Crippen molar-refractivity contribution in [2.45, 2.75) is 25.3 Å². The quantitative estimate of drug-likeness (QED) is 0.255. The molecule has 0 spiro atoms. The van der Waals surface area contributed by atoms with Crippen molar-refractivity contribution < 1.29 is 19.2 Å². The van der Waals surface area contributed by atoms with Crippen LogP contribution in [0.25, 0.3) is 0 Å². The lowest BCUT2D eigenvalue weighted by Gasteiger charge is -2.18. The SMILES string of the molecule is COc1ccc([C@H](CC(=O)c2cccc[n+]2[O-])[C@H](C)[N+](=O)[O-])cc1. The third kappa shape index (κ3) is 3.87. The number of ether oxygens (including phenoxy) is 1. The van der Waals surface area contributed by atoms with Gasteiger partial charge in [-0.2, -0.15) is 4.73 Å². The Morgan fingerprint density at radius 2 is 1.92 bits per heavy atom. The highest BCUT2D eigenvalue weighted by molar-refractivity contribution is 5.93. The number of ketones is 1. The largest absolute Gasteiger partial charge is 0.618 e. The van der Waals surface area contributed by atoms with Gasteiger partial charge in [0, 0.05) is 30.4 Å². The maximum absolute atomic E-state index is 12.4. The van der Waals surface area contributed by atoms with E-state index in [4.69, 9.17) is 4.74 Å². The van der Waals surface area contributed by atoms with Gasteiger partial charge in [-0.15, -0.1) is 0 Å². The Morgan fingerprint density at radius 1 is 1.25 bits per heavy atom. The van der Waals surface area contributed by atoms with Crippen LogP contribution in [-0.4, -0.2) is 23.9 Å². The summed E-state index contributed by atoms with van der Waals surface area (Å²) in [6, 6.07) is 10.3. The van der Waals surface area contributed by atoms with E-state index in [2.05, 4.69) is 0 Å². The van der Waals surface area contributed by atoms with Gasteiger partial charge >= 0.3 is 0 Å². The first-order valence-electron chi connectivity index (χ1n) is 7.43. The first-order chi connectivity index (χ1) is 11.4. The van der Waals surface area contributed by atoms with E-state index in [-0.39, 0.29) is 12.1 Å². The molecule has 0 aliphatic rings. The molecule has 0 saturated carbocycles. The van der Waals surface area contributed by atoms with Crippen molar-refractivity contribution in [3.63, 3.8) is 0 Å². The highest BCUT2D eigenvalue weighted by Gasteiger charge is 2.32. The van der Waals surface area contributed by atoms with Crippen molar-refractivity contribution in [1.82, 2.24) is 0 Å². The molecule has 0 N–H and O–H groups in total. The summed E-state index contributed by atoms with van der Waals surface area (Å²) in [5.41, 5.74) is 0.633. The molecule has 24 heavy (non-hydrogen) atoms. The van der Waals surface area contributed by atoms with Gasteiger partial charge in [0.05, 0.1) is 13.0 Å². The van der Waals surface area contributed by atoms with Crippen LogP contribution < -0.4 is 9.47 Å². The number of pyridine rings is 1. The first kappa shape index (κ1) is 17.4. The molecular formula is C17H18N2O5. The number of carbonyl (C=O) groups excluding carboxylic acids is 1. The van der Waals surface area contributed by atoms with E-state index in [1.54, 1.807) is 30.3 Å². The zero-order valence-electron chi connectivity index (χ0n) is 13.4. The fourth-order valence-electron chi connectivity index (χ4n) is 2.51. The van der Waals surface area contributed by atoms with E-state index in [0.717, 1.165) is 0 Å².